The summed E-state index contributed by atoms with van der Waals surface area (Å²) in [6.07, 6.45) is 1.98. The molecule has 1 aromatic carbocycles. The zero-order chi connectivity index (χ0) is 11.7. The van der Waals surface area contributed by atoms with Crippen LogP contribution in [0.25, 0.3) is 10.2 Å². The van der Waals surface area contributed by atoms with E-state index in [4.69, 9.17) is 0 Å². The van der Waals surface area contributed by atoms with Gasteiger partial charge in [0.2, 0.25) is 5.91 Å². The number of hydrogen-bond acceptors (Lipinski definition) is 4. The van der Waals surface area contributed by atoms with E-state index in [1.807, 2.05) is 24.3 Å². The molecule has 3 rings (SSSR count). The molecule has 17 heavy (non-hydrogen) atoms. The molecule has 0 aliphatic carbocycles. The smallest absolute Gasteiger partial charge is 0.243 e. The summed E-state index contributed by atoms with van der Waals surface area (Å²) in [5.41, 5.74) is 0.937. The second-order valence-corrected chi connectivity index (χ2v) is 5.16. The molecule has 5 heteroatoms. The highest BCUT2D eigenvalue weighted by Crippen LogP contribution is 2.25. The first-order valence-electron chi connectivity index (χ1n) is 5.73. The predicted molar refractivity (Wildman–Crippen MR) is 69.3 cm³/mol. The standard InChI is InChI=1S/C12H13N3OS/c16-11(9-5-3-7-13-9)15-12-14-8-4-1-2-6-10(8)17-12/h1-2,4,6,9,13H,3,5,7H2,(H,14,15,16). The summed E-state index contributed by atoms with van der Waals surface area (Å²) < 4.78 is 1.10. The lowest BCUT2D eigenvalue weighted by molar-refractivity contribution is -0.117. The minimum absolute atomic E-state index is 0.0292. The Labute approximate surface area is 103 Å². The molecule has 1 aliphatic heterocycles. The van der Waals surface area contributed by atoms with Crippen molar-refractivity contribution in [1.82, 2.24) is 10.3 Å². The Balaban J connectivity index is 1.77. The van der Waals surface area contributed by atoms with Gasteiger partial charge >= 0.3 is 0 Å². The Hall–Kier alpha value is -1.46. The lowest BCUT2D eigenvalue weighted by Crippen LogP contribution is -2.35. The van der Waals surface area contributed by atoms with Crippen molar-refractivity contribution < 1.29 is 4.79 Å². The minimum atomic E-state index is -0.0537. The van der Waals surface area contributed by atoms with E-state index in [1.54, 1.807) is 0 Å². The van der Waals surface area contributed by atoms with Crippen molar-refractivity contribution in [3.8, 4) is 0 Å². The highest BCUT2D eigenvalue weighted by molar-refractivity contribution is 7.22. The van der Waals surface area contributed by atoms with Crippen LogP contribution >= 0.6 is 11.3 Å². The first kappa shape index (κ1) is 10.7. The molecule has 88 valence electrons. The van der Waals surface area contributed by atoms with Crippen LogP contribution in [-0.2, 0) is 4.79 Å². The quantitative estimate of drug-likeness (QED) is 0.853. The molecule has 1 aliphatic rings. The topological polar surface area (TPSA) is 54.0 Å². The Morgan fingerprint density at radius 3 is 3.12 bits per heavy atom. The van der Waals surface area contributed by atoms with Gasteiger partial charge in [-0.3, -0.25) is 4.79 Å². The molecular weight excluding hydrogens is 234 g/mol. The van der Waals surface area contributed by atoms with Gasteiger partial charge in [0.15, 0.2) is 5.13 Å². The molecule has 0 bridgehead atoms. The maximum atomic E-state index is 11.9. The summed E-state index contributed by atoms with van der Waals surface area (Å²) in [6, 6.07) is 7.84. The number of carbonyl (C=O) groups excluding carboxylic acids is 1. The fourth-order valence-electron chi connectivity index (χ4n) is 2.03. The predicted octanol–water partition coefficient (Wildman–Crippen LogP) is 1.99. The van der Waals surface area contributed by atoms with Crippen molar-refractivity contribution in [3.63, 3.8) is 0 Å². The van der Waals surface area contributed by atoms with E-state index in [9.17, 15) is 4.79 Å². The first-order chi connectivity index (χ1) is 8.33. The Morgan fingerprint density at radius 1 is 1.47 bits per heavy atom. The first-order valence-corrected chi connectivity index (χ1v) is 6.54. The molecule has 2 heterocycles. The Morgan fingerprint density at radius 2 is 2.35 bits per heavy atom. The normalized spacial score (nSPS) is 19.6. The number of carbonyl (C=O) groups is 1. The van der Waals surface area contributed by atoms with Gasteiger partial charge in [-0.15, -0.1) is 0 Å². The molecule has 2 N–H and O–H groups in total. The van der Waals surface area contributed by atoms with Crippen LogP contribution in [0.15, 0.2) is 24.3 Å². The number of hydrogen-bond donors (Lipinski definition) is 2. The zero-order valence-electron chi connectivity index (χ0n) is 9.27. The third-order valence-corrected chi connectivity index (χ3v) is 3.85. The molecular formula is C12H13N3OS. The van der Waals surface area contributed by atoms with Gasteiger partial charge in [0, 0.05) is 0 Å². The summed E-state index contributed by atoms with van der Waals surface area (Å²) >= 11 is 1.51. The zero-order valence-corrected chi connectivity index (χ0v) is 10.1. The van der Waals surface area contributed by atoms with Gasteiger partial charge in [-0.2, -0.15) is 0 Å². The highest BCUT2D eigenvalue weighted by Gasteiger charge is 2.22. The molecule has 0 radical (unpaired) electrons. The Kier molecular flexibility index (Phi) is 2.78. The van der Waals surface area contributed by atoms with Crippen LogP contribution in [0.2, 0.25) is 0 Å². The van der Waals surface area contributed by atoms with Crippen molar-refractivity contribution in [2.75, 3.05) is 11.9 Å². The van der Waals surface area contributed by atoms with Gasteiger partial charge in [-0.05, 0) is 31.5 Å². The fraction of sp³-hybridized carbons (Fsp3) is 0.333. The van der Waals surface area contributed by atoms with Crippen LogP contribution in [0, 0.1) is 0 Å². The van der Waals surface area contributed by atoms with Crippen LogP contribution in [-0.4, -0.2) is 23.5 Å². The van der Waals surface area contributed by atoms with Crippen LogP contribution < -0.4 is 10.6 Å². The van der Waals surface area contributed by atoms with Crippen LogP contribution in [0.5, 0.6) is 0 Å². The van der Waals surface area contributed by atoms with E-state index in [2.05, 4.69) is 15.6 Å². The second-order valence-electron chi connectivity index (χ2n) is 4.12. The molecule has 4 nitrogen and oxygen atoms in total. The number of benzene rings is 1. The number of amides is 1. The number of para-hydroxylation sites is 1. The van der Waals surface area contributed by atoms with Crippen LogP contribution in [0.1, 0.15) is 12.8 Å². The molecule has 1 saturated heterocycles. The SMILES string of the molecule is O=C(Nc1nc2ccccc2s1)C1CCCN1. The van der Waals surface area contributed by atoms with Crippen molar-refractivity contribution in [2.24, 2.45) is 0 Å². The van der Waals surface area contributed by atoms with Crippen molar-refractivity contribution >= 4 is 32.6 Å². The summed E-state index contributed by atoms with van der Waals surface area (Å²) in [6.45, 7) is 0.929. The van der Waals surface area contributed by atoms with Gasteiger partial charge in [-0.25, -0.2) is 4.98 Å². The van der Waals surface area contributed by atoms with E-state index in [-0.39, 0.29) is 11.9 Å². The van der Waals surface area contributed by atoms with Crippen molar-refractivity contribution in [1.29, 1.82) is 0 Å². The monoisotopic (exact) mass is 247 g/mol. The molecule has 0 saturated carbocycles. The maximum absolute atomic E-state index is 11.9. The molecule has 1 fully saturated rings. The molecule has 1 amide bonds. The summed E-state index contributed by atoms with van der Waals surface area (Å²) in [4.78, 5) is 16.3. The summed E-state index contributed by atoms with van der Waals surface area (Å²) in [5.74, 6) is 0.0292. The van der Waals surface area contributed by atoms with Gasteiger partial charge in [0.25, 0.3) is 0 Å². The van der Waals surface area contributed by atoms with E-state index in [0.29, 0.717) is 5.13 Å². The van der Waals surface area contributed by atoms with Gasteiger partial charge < -0.3 is 10.6 Å². The van der Waals surface area contributed by atoms with Gasteiger partial charge in [0.05, 0.1) is 16.3 Å². The number of nitrogens with zero attached hydrogens (tertiary/aromatic N) is 1. The number of anilines is 1. The highest BCUT2D eigenvalue weighted by atomic mass is 32.1. The lowest BCUT2D eigenvalue weighted by atomic mass is 10.2. The van der Waals surface area contributed by atoms with E-state index >= 15 is 0 Å². The van der Waals surface area contributed by atoms with Gasteiger partial charge in [0.1, 0.15) is 0 Å². The average molecular weight is 247 g/mol. The average Bonchev–Trinajstić information content (AvgIpc) is 2.97. The maximum Gasteiger partial charge on any atom is 0.243 e. The summed E-state index contributed by atoms with van der Waals surface area (Å²) in [7, 11) is 0. The summed E-state index contributed by atoms with van der Waals surface area (Å²) in [5, 5.41) is 6.74. The molecule has 2 aromatic rings. The number of nitrogens with one attached hydrogen (secondary N) is 2. The largest absolute Gasteiger partial charge is 0.306 e. The van der Waals surface area contributed by atoms with Crippen molar-refractivity contribution in [3.05, 3.63) is 24.3 Å². The van der Waals surface area contributed by atoms with Gasteiger partial charge in [-0.1, -0.05) is 23.5 Å². The van der Waals surface area contributed by atoms with Crippen LogP contribution in [0.3, 0.4) is 0 Å². The molecule has 1 unspecified atom stereocenters. The number of aromatic nitrogens is 1. The second kappa shape index (κ2) is 4.43. The molecule has 1 aromatic heterocycles. The number of fused-ring (bicyclic) bond motifs is 1. The van der Waals surface area contributed by atoms with Crippen LogP contribution in [0.4, 0.5) is 5.13 Å². The minimum Gasteiger partial charge on any atom is -0.306 e. The van der Waals surface area contributed by atoms with E-state index < -0.39 is 0 Å². The molecule has 0 spiro atoms. The number of thiazole rings is 1. The third-order valence-electron chi connectivity index (χ3n) is 2.90. The third kappa shape index (κ3) is 2.16. The van der Waals surface area contributed by atoms with E-state index in [1.165, 1.54) is 11.3 Å². The number of rotatable bonds is 2. The van der Waals surface area contributed by atoms with E-state index in [0.717, 1.165) is 29.6 Å². The Bertz CT molecular complexity index is 512. The molecule has 1 atom stereocenters. The fourth-order valence-corrected chi connectivity index (χ4v) is 2.90. The lowest BCUT2D eigenvalue weighted by Gasteiger charge is -2.08. The van der Waals surface area contributed by atoms with Crippen molar-refractivity contribution in [2.45, 2.75) is 18.9 Å².